The average Bonchev–Trinajstić information content (AvgIpc) is 2.36. The number of carbonyl (C=O) groups is 3. The van der Waals surface area contributed by atoms with Gasteiger partial charge in [0.05, 0.1) is 18.7 Å². The van der Waals surface area contributed by atoms with Crippen LogP contribution in [0.2, 0.25) is 0 Å². The third-order valence-electron chi connectivity index (χ3n) is 2.33. The van der Waals surface area contributed by atoms with Gasteiger partial charge >= 0.3 is 5.97 Å². The van der Waals surface area contributed by atoms with Gasteiger partial charge in [-0.25, -0.2) is 4.79 Å². The highest BCUT2D eigenvalue weighted by Gasteiger charge is 2.12. The van der Waals surface area contributed by atoms with E-state index >= 15 is 0 Å². The van der Waals surface area contributed by atoms with Gasteiger partial charge in [-0.05, 0) is 31.2 Å². The van der Waals surface area contributed by atoms with Crippen LogP contribution in [0.5, 0.6) is 0 Å². The predicted molar refractivity (Wildman–Crippen MR) is 66.5 cm³/mol. The van der Waals surface area contributed by atoms with Crippen LogP contribution in [0.3, 0.4) is 0 Å². The fourth-order valence-corrected chi connectivity index (χ4v) is 1.48. The smallest absolute Gasteiger partial charge is 0.338 e. The Balaban J connectivity index is 2.89. The minimum atomic E-state index is -0.409. The largest absolute Gasteiger partial charge is 0.462 e. The lowest BCUT2D eigenvalue weighted by molar-refractivity contribution is -0.118. The van der Waals surface area contributed by atoms with E-state index in [0.717, 1.165) is 0 Å². The lowest BCUT2D eigenvalue weighted by atomic mass is 10.2. The number of nitrogens with zero attached hydrogens (tertiary/aromatic N) is 1. The van der Waals surface area contributed by atoms with Crippen molar-refractivity contribution in [1.82, 2.24) is 0 Å². The second-order valence-electron chi connectivity index (χ2n) is 3.56. The lowest BCUT2D eigenvalue weighted by Gasteiger charge is -2.18. The summed E-state index contributed by atoms with van der Waals surface area (Å²) in [6.07, 6.45) is 0.653. The first-order valence-corrected chi connectivity index (χ1v) is 5.59. The maximum atomic E-state index is 11.4. The van der Waals surface area contributed by atoms with Crippen molar-refractivity contribution in [3.63, 3.8) is 0 Å². The Morgan fingerprint density at radius 3 is 2.33 bits per heavy atom. The molecule has 0 aliphatic carbocycles. The van der Waals surface area contributed by atoms with Crippen molar-refractivity contribution in [3.8, 4) is 0 Å². The van der Waals surface area contributed by atoms with Crippen molar-refractivity contribution in [1.29, 1.82) is 0 Å². The SMILES string of the molecule is CCOC(=O)c1ccc(N(CC=O)C(C)=O)cc1. The molecule has 0 heterocycles. The topological polar surface area (TPSA) is 63.7 Å². The zero-order valence-corrected chi connectivity index (χ0v) is 10.4. The monoisotopic (exact) mass is 249 g/mol. The molecular weight excluding hydrogens is 234 g/mol. The molecule has 0 bridgehead atoms. The molecule has 0 saturated heterocycles. The fourth-order valence-electron chi connectivity index (χ4n) is 1.48. The molecule has 96 valence electrons. The molecule has 0 radical (unpaired) electrons. The average molecular weight is 249 g/mol. The molecule has 5 heteroatoms. The number of anilines is 1. The molecule has 18 heavy (non-hydrogen) atoms. The molecule has 1 amide bonds. The molecule has 5 nitrogen and oxygen atoms in total. The van der Waals surface area contributed by atoms with E-state index in [1.165, 1.54) is 11.8 Å². The van der Waals surface area contributed by atoms with Crippen LogP contribution < -0.4 is 4.90 Å². The van der Waals surface area contributed by atoms with Crippen LogP contribution in [0.25, 0.3) is 0 Å². The first kappa shape index (κ1) is 13.9. The van der Waals surface area contributed by atoms with Gasteiger partial charge in [0.2, 0.25) is 5.91 Å². The summed E-state index contributed by atoms with van der Waals surface area (Å²) in [5.41, 5.74) is 0.984. The van der Waals surface area contributed by atoms with E-state index in [1.54, 1.807) is 31.2 Å². The van der Waals surface area contributed by atoms with Crippen LogP contribution in [-0.4, -0.2) is 31.3 Å². The van der Waals surface area contributed by atoms with Gasteiger partial charge in [0.25, 0.3) is 0 Å². The number of aldehydes is 1. The Kier molecular flexibility index (Phi) is 5.05. The summed E-state index contributed by atoms with van der Waals surface area (Å²) in [5, 5.41) is 0. The Labute approximate surface area is 105 Å². The highest BCUT2D eigenvalue weighted by molar-refractivity contribution is 5.95. The van der Waals surface area contributed by atoms with Crippen molar-refractivity contribution >= 4 is 23.9 Å². The number of rotatable bonds is 5. The van der Waals surface area contributed by atoms with Gasteiger partial charge in [0.15, 0.2) is 0 Å². The van der Waals surface area contributed by atoms with Crippen LogP contribution in [-0.2, 0) is 14.3 Å². The lowest BCUT2D eigenvalue weighted by Crippen LogP contribution is -2.30. The molecular formula is C13H15NO4. The van der Waals surface area contributed by atoms with Crippen LogP contribution in [0.4, 0.5) is 5.69 Å². The summed E-state index contributed by atoms with van der Waals surface area (Å²) in [7, 11) is 0. The third-order valence-corrected chi connectivity index (χ3v) is 2.33. The van der Waals surface area contributed by atoms with Gasteiger partial charge < -0.3 is 14.4 Å². The molecule has 0 atom stereocenters. The van der Waals surface area contributed by atoms with Crippen LogP contribution in [0.1, 0.15) is 24.2 Å². The number of carbonyl (C=O) groups excluding carboxylic acids is 3. The van der Waals surface area contributed by atoms with E-state index in [1.807, 2.05) is 0 Å². The second kappa shape index (κ2) is 6.54. The summed E-state index contributed by atoms with van der Waals surface area (Å²) in [6, 6.07) is 6.34. The van der Waals surface area contributed by atoms with Crippen molar-refractivity contribution < 1.29 is 19.1 Å². The van der Waals surface area contributed by atoms with Crippen LogP contribution in [0.15, 0.2) is 24.3 Å². The maximum absolute atomic E-state index is 11.4. The minimum Gasteiger partial charge on any atom is -0.462 e. The zero-order valence-electron chi connectivity index (χ0n) is 10.4. The molecule has 0 N–H and O–H groups in total. The highest BCUT2D eigenvalue weighted by Crippen LogP contribution is 2.15. The van der Waals surface area contributed by atoms with Crippen molar-refractivity contribution in [3.05, 3.63) is 29.8 Å². The highest BCUT2D eigenvalue weighted by atomic mass is 16.5. The fraction of sp³-hybridized carbons (Fsp3) is 0.308. The zero-order chi connectivity index (χ0) is 13.5. The van der Waals surface area contributed by atoms with E-state index < -0.39 is 5.97 Å². The molecule has 0 saturated carbocycles. The van der Waals surface area contributed by atoms with E-state index in [4.69, 9.17) is 4.74 Å². The molecule has 1 aromatic carbocycles. The summed E-state index contributed by atoms with van der Waals surface area (Å²) in [5.74, 6) is -0.639. The number of hydrogen-bond donors (Lipinski definition) is 0. The number of hydrogen-bond acceptors (Lipinski definition) is 4. The number of amides is 1. The summed E-state index contributed by atoms with van der Waals surface area (Å²) < 4.78 is 4.85. The van der Waals surface area contributed by atoms with Crippen molar-refractivity contribution in [2.75, 3.05) is 18.1 Å². The van der Waals surface area contributed by atoms with Crippen LogP contribution in [0, 0.1) is 0 Å². The third kappa shape index (κ3) is 3.41. The molecule has 0 spiro atoms. The molecule has 0 unspecified atom stereocenters. The number of benzene rings is 1. The van der Waals surface area contributed by atoms with Gasteiger partial charge in [-0.1, -0.05) is 0 Å². The van der Waals surface area contributed by atoms with Gasteiger partial charge in [-0.15, -0.1) is 0 Å². The summed E-state index contributed by atoms with van der Waals surface area (Å²) >= 11 is 0. The Morgan fingerprint density at radius 1 is 1.28 bits per heavy atom. The van der Waals surface area contributed by atoms with E-state index in [0.29, 0.717) is 24.1 Å². The minimum absolute atomic E-state index is 0.00587. The molecule has 0 aliphatic heterocycles. The molecule has 0 fully saturated rings. The quantitative estimate of drug-likeness (QED) is 0.584. The van der Waals surface area contributed by atoms with Gasteiger partial charge in [0, 0.05) is 12.6 Å². The molecule has 0 aliphatic rings. The predicted octanol–water partition coefficient (Wildman–Crippen LogP) is 1.42. The van der Waals surface area contributed by atoms with Gasteiger partial charge in [0.1, 0.15) is 6.29 Å². The Bertz CT molecular complexity index is 439. The first-order chi connectivity index (χ1) is 8.60. The maximum Gasteiger partial charge on any atom is 0.338 e. The Morgan fingerprint density at radius 2 is 1.89 bits per heavy atom. The Hall–Kier alpha value is -2.17. The van der Waals surface area contributed by atoms with Crippen molar-refractivity contribution in [2.24, 2.45) is 0 Å². The van der Waals surface area contributed by atoms with Crippen LogP contribution >= 0.6 is 0 Å². The standard InChI is InChI=1S/C13H15NO4/c1-3-18-13(17)11-4-6-12(7-5-11)14(8-9-15)10(2)16/h4-7,9H,3,8H2,1-2H3. The molecule has 1 aromatic rings. The first-order valence-electron chi connectivity index (χ1n) is 5.59. The van der Waals surface area contributed by atoms with Gasteiger partial charge in [-0.2, -0.15) is 0 Å². The van der Waals surface area contributed by atoms with E-state index in [2.05, 4.69) is 0 Å². The summed E-state index contributed by atoms with van der Waals surface area (Å²) in [4.78, 5) is 34.6. The van der Waals surface area contributed by atoms with Gasteiger partial charge in [-0.3, -0.25) is 4.79 Å². The summed E-state index contributed by atoms with van der Waals surface area (Å²) in [6.45, 7) is 3.41. The normalized spacial score (nSPS) is 9.67. The van der Waals surface area contributed by atoms with E-state index in [9.17, 15) is 14.4 Å². The number of esters is 1. The van der Waals surface area contributed by atoms with Crippen molar-refractivity contribution in [2.45, 2.75) is 13.8 Å². The molecule has 0 aromatic heterocycles. The van der Waals surface area contributed by atoms with E-state index in [-0.39, 0.29) is 12.5 Å². The molecule has 1 rings (SSSR count). The number of ether oxygens (including phenoxy) is 1. The second-order valence-corrected chi connectivity index (χ2v) is 3.56.